The Hall–Kier alpha value is -4.00. The maximum absolute atomic E-state index is 13.4. The molecule has 7 nitrogen and oxygen atoms in total. The molecular weight excluding hydrogens is 616 g/mol. The second kappa shape index (κ2) is 14.2. The zero-order valence-corrected chi connectivity index (χ0v) is 25.9. The first kappa shape index (κ1) is 32.0. The van der Waals surface area contributed by atoms with E-state index in [1.807, 2.05) is 28.7 Å². The normalized spacial score (nSPS) is 17.7. The molecule has 240 valence electrons. The molecule has 1 N–H and O–H groups in total. The Kier molecular flexibility index (Phi) is 9.86. The van der Waals surface area contributed by atoms with E-state index in [1.165, 1.54) is 36.2 Å². The first-order valence-electron chi connectivity index (χ1n) is 15.2. The molecule has 12 heteroatoms. The minimum absolute atomic E-state index is 0.106. The van der Waals surface area contributed by atoms with Crippen molar-refractivity contribution < 1.29 is 22.4 Å². The highest BCUT2D eigenvalue weighted by Crippen LogP contribution is 2.33. The summed E-state index contributed by atoms with van der Waals surface area (Å²) in [6.45, 7) is 4.88. The Balaban J connectivity index is 1.17. The van der Waals surface area contributed by atoms with E-state index in [4.69, 9.17) is 4.98 Å². The van der Waals surface area contributed by atoms with Crippen LogP contribution in [0.25, 0.3) is 11.3 Å². The number of carbonyl (C=O) groups is 1. The average Bonchev–Trinajstić information content (AvgIpc) is 3.53. The van der Waals surface area contributed by atoms with Crippen molar-refractivity contribution in [1.29, 1.82) is 0 Å². The molecule has 46 heavy (non-hydrogen) atoms. The summed E-state index contributed by atoms with van der Waals surface area (Å²) in [7, 11) is 0. The van der Waals surface area contributed by atoms with Gasteiger partial charge in [0.15, 0.2) is 0 Å². The highest BCUT2D eigenvalue weighted by molar-refractivity contribution is 7.97. The lowest BCUT2D eigenvalue weighted by Gasteiger charge is -2.35. The van der Waals surface area contributed by atoms with E-state index in [9.17, 15) is 22.4 Å². The van der Waals surface area contributed by atoms with Gasteiger partial charge in [0, 0.05) is 68.7 Å². The number of nitrogens with one attached hydrogen (secondary N) is 1. The van der Waals surface area contributed by atoms with Gasteiger partial charge in [-0.1, -0.05) is 18.2 Å². The predicted molar refractivity (Wildman–Crippen MR) is 170 cm³/mol. The quantitative estimate of drug-likeness (QED) is 0.166. The number of amides is 1. The number of hydrogen-bond donors (Lipinski definition) is 1. The topological polar surface area (TPSA) is 64.6 Å². The average molecular weight is 651 g/mol. The van der Waals surface area contributed by atoms with E-state index in [1.54, 1.807) is 18.3 Å². The maximum atomic E-state index is 13.4. The number of piperazine rings is 1. The molecule has 1 atom stereocenters. The third kappa shape index (κ3) is 8.04. The number of anilines is 1. The summed E-state index contributed by atoms with van der Waals surface area (Å²) in [6.07, 6.45) is 0.780. The summed E-state index contributed by atoms with van der Waals surface area (Å²) < 4.78 is 55.1. The third-order valence-corrected chi connectivity index (χ3v) is 9.37. The van der Waals surface area contributed by atoms with Gasteiger partial charge in [0.05, 0.1) is 17.3 Å². The van der Waals surface area contributed by atoms with E-state index in [0.717, 1.165) is 79.7 Å². The van der Waals surface area contributed by atoms with Crippen LogP contribution < -0.4 is 10.2 Å². The number of aromatic nitrogens is 2. The lowest BCUT2D eigenvalue weighted by Crippen LogP contribution is -2.46. The molecular formula is C34H34F4N6OS. The molecule has 2 saturated heterocycles. The van der Waals surface area contributed by atoms with Gasteiger partial charge >= 0.3 is 6.18 Å². The molecule has 2 aliphatic heterocycles. The number of nitrogens with zero attached hydrogens (tertiary/aromatic N) is 5. The van der Waals surface area contributed by atoms with Crippen LogP contribution in [0.3, 0.4) is 0 Å². The van der Waals surface area contributed by atoms with Crippen molar-refractivity contribution >= 4 is 23.7 Å². The highest BCUT2D eigenvalue weighted by Gasteiger charge is 2.32. The van der Waals surface area contributed by atoms with Crippen LogP contribution in [0.5, 0.6) is 0 Å². The number of benzene rings is 2. The van der Waals surface area contributed by atoms with Gasteiger partial charge in [-0.15, -0.1) is 0 Å². The van der Waals surface area contributed by atoms with Crippen molar-refractivity contribution in [3.05, 3.63) is 108 Å². The fourth-order valence-electron chi connectivity index (χ4n) is 5.75. The molecule has 1 unspecified atom stereocenters. The molecule has 0 saturated carbocycles. The Morgan fingerprint density at radius 3 is 2.39 bits per heavy atom. The van der Waals surface area contributed by atoms with Crippen LogP contribution in [-0.4, -0.2) is 63.8 Å². The van der Waals surface area contributed by atoms with E-state index in [-0.39, 0.29) is 24.3 Å². The van der Waals surface area contributed by atoms with Crippen molar-refractivity contribution in [3.8, 4) is 11.3 Å². The van der Waals surface area contributed by atoms with Crippen LogP contribution in [0.1, 0.15) is 29.5 Å². The van der Waals surface area contributed by atoms with Crippen LogP contribution in [0.4, 0.5) is 23.4 Å². The van der Waals surface area contributed by atoms with E-state index >= 15 is 0 Å². The molecule has 0 radical (unpaired) electrons. The van der Waals surface area contributed by atoms with Crippen LogP contribution in [-0.2, 0) is 24.1 Å². The smallest absolute Gasteiger partial charge is 0.354 e. The van der Waals surface area contributed by atoms with Crippen LogP contribution >= 0.6 is 11.9 Å². The van der Waals surface area contributed by atoms with Gasteiger partial charge in [-0.25, -0.2) is 13.7 Å². The van der Waals surface area contributed by atoms with E-state index in [2.05, 4.69) is 26.2 Å². The van der Waals surface area contributed by atoms with Gasteiger partial charge in [0.1, 0.15) is 11.6 Å². The van der Waals surface area contributed by atoms with Gasteiger partial charge in [-0.2, -0.15) is 13.2 Å². The molecule has 2 aromatic carbocycles. The number of rotatable bonds is 9. The Morgan fingerprint density at radius 2 is 1.70 bits per heavy atom. The second-order valence-electron chi connectivity index (χ2n) is 11.5. The Labute approximate surface area is 269 Å². The fourth-order valence-corrected chi connectivity index (χ4v) is 6.82. The van der Waals surface area contributed by atoms with Gasteiger partial charge < -0.3 is 10.2 Å². The zero-order valence-electron chi connectivity index (χ0n) is 25.1. The second-order valence-corrected chi connectivity index (χ2v) is 12.6. The molecule has 6 rings (SSSR count). The number of alkyl halides is 3. The molecule has 0 spiro atoms. The van der Waals surface area contributed by atoms with Crippen LogP contribution in [0.15, 0.2) is 90.1 Å². The van der Waals surface area contributed by atoms with E-state index < -0.39 is 11.7 Å². The largest absolute Gasteiger partial charge is 0.416 e. The number of halogens is 4. The standard InChI is InChI=1S/C34H34F4N6OS/c35-28-9-11-29(12-10-28)46-44-14-2-4-31(44)33(45)40-22-25-19-30(26-5-7-27(8-6-26)34(36,37)38)41-32(20-25)43-17-15-42(16-18-43)23-24-3-1-13-39-21-24/h1,3,5-13,19-21,31H,2,4,14-18,22-23H2,(H,40,45). The molecule has 2 aromatic heterocycles. The van der Waals surface area contributed by atoms with Crippen molar-refractivity contribution in [3.63, 3.8) is 0 Å². The summed E-state index contributed by atoms with van der Waals surface area (Å²) in [5.74, 6) is 0.307. The molecule has 2 fully saturated rings. The summed E-state index contributed by atoms with van der Waals surface area (Å²) in [4.78, 5) is 27.8. The summed E-state index contributed by atoms with van der Waals surface area (Å²) >= 11 is 1.44. The maximum Gasteiger partial charge on any atom is 0.416 e. The highest BCUT2D eigenvalue weighted by atomic mass is 32.2. The molecule has 0 bridgehead atoms. The molecule has 0 aliphatic carbocycles. The minimum atomic E-state index is -4.43. The SMILES string of the molecule is O=C(NCc1cc(-c2ccc(C(F)(F)F)cc2)nc(N2CCN(Cc3cccnc3)CC2)c1)C1CCCN1Sc1ccc(F)cc1. The number of carbonyl (C=O) groups excluding carboxylic acids is 1. The monoisotopic (exact) mass is 650 g/mol. The van der Waals surface area contributed by atoms with Gasteiger partial charge in [-0.05, 0) is 90.5 Å². The molecule has 1 amide bonds. The van der Waals surface area contributed by atoms with Gasteiger partial charge in [-0.3, -0.25) is 14.7 Å². The van der Waals surface area contributed by atoms with Gasteiger partial charge in [0.25, 0.3) is 0 Å². The molecule has 4 aromatic rings. The first-order chi connectivity index (χ1) is 22.2. The Bertz CT molecular complexity index is 1610. The van der Waals surface area contributed by atoms with Crippen molar-refractivity contribution in [2.45, 2.75) is 43.0 Å². The third-order valence-electron chi connectivity index (χ3n) is 8.21. The zero-order chi connectivity index (χ0) is 32.1. The van der Waals surface area contributed by atoms with Crippen LogP contribution in [0, 0.1) is 5.82 Å². The Morgan fingerprint density at radius 1 is 0.935 bits per heavy atom. The van der Waals surface area contributed by atoms with Gasteiger partial charge in [0.2, 0.25) is 5.91 Å². The number of hydrogen-bond acceptors (Lipinski definition) is 7. The van der Waals surface area contributed by atoms with Crippen molar-refractivity contribution in [2.75, 3.05) is 37.6 Å². The summed E-state index contributed by atoms with van der Waals surface area (Å²) in [5.41, 5.74) is 2.34. The minimum Gasteiger partial charge on any atom is -0.354 e. The predicted octanol–water partition coefficient (Wildman–Crippen LogP) is 6.41. The summed E-state index contributed by atoms with van der Waals surface area (Å²) in [5, 5.41) is 3.07. The van der Waals surface area contributed by atoms with E-state index in [0.29, 0.717) is 17.7 Å². The fraction of sp³-hybridized carbons (Fsp3) is 0.324. The molecule has 4 heterocycles. The lowest BCUT2D eigenvalue weighted by molar-refractivity contribution is -0.137. The van der Waals surface area contributed by atoms with Crippen LogP contribution in [0.2, 0.25) is 0 Å². The van der Waals surface area contributed by atoms with Crippen molar-refractivity contribution in [2.24, 2.45) is 0 Å². The summed E-state index contributed by atoms with van der Waals surface area (Å²) in [6, 6.07) is 18.6. The first-order valence-corrected chi connectivity index (χ1v) is 16.0. The lowest BCUT2D eigenvalue weighted by atomic mass is 10.1. The molecule has 2 aliphatic rings. The van der Waals surface area contributed by atoms with Crippen molar-refractivity contribution in [1.82, 2.24) is 24.5 Å². The number of pyridine rings is 2.